The first-order chi connectivity index (χ1) is 8.16. The second-order valence-electron chi connectivity index (χ2n) is 5.19. The quantitative estimate of drug-likeness (QED) is 0.856. The maximum Gasteiger partial charge on any atom is 0.115 e. The van der Waals surface area contributed by atoms with E-state index >= 15 is 0 Å². The molecule has 1 saturated heterocycles. The highest BCUT2D eigenvalue weighted by Crippen LogP contribution is 2.20. The lowest BCUT2D eigenvalue weighted by molar-refractivity contribution is 0.121. The zero-order valence-electron chi connectivity index (χ0n) is 10.9. The highest BCUT2D eigenvalue weighted by atomic mass is 15.2. The highest BCUT2D eigenvalue weighted by molar-refractivity contribution is 4.98. The van der Waals surface area contributed by atoms with Crippen LogP contribution in [0.3, 0.4) is 0 Å². The molecule has 3 unspecified atom stereocenters. The zero-order chi connectivity index (χ0) is 12.3. The summed E-state index contributed by atoms with van der Waals surface area (Å²) in [6.45, 7) is 6.63. The molecular weight excluding hydrogens is 212 g/mol. The van der Waals surface area contributed by atoms with E-state index in [1.807, 2.05) is 6.07 Å². The highest BCUT2D eigenvalue weighted by Gasteiger charge is 2.28. The molecule has 1 aromatic heterocycles. The van der Waals surface area contributed by atoms with E-state index in [4.69, 9.17) is 0 Å². The number of hydrogen-bond donors (Lipinski definition) is 1. The Morgan fingerprint density at radius 3 is 3.00 bits per heavy atom. The predicted octanol–water partition coefficient (Wildman–Crippen LogP) is 1.29. The normalized spacial score (nSPS) is 30.4. The molecule has 3 atom stereocenters. The van der Waals surface area contributed by atoms with Crippen LogP contribution in [0.5, 0.6) is 0 Å². The van der Waals surface area contributed by atoms with Crippen molar-refractivity contribution in [3.8, 4) is 0 Å². The van der Waals surface area contributed by atoms with Gasteiger partial charge in [-0.3, -0.25) is 0 Å². The summed E-state index contributed by atoms with van der Waals surface area (Å²) in [5, 5.41) is 3.62. The fourth-order valence-electron chi connectivity index (χ4n) is 2.48. The number of hydrogen-bond acceptors (Lipinski definition) is 4. The molecule has 17 heavy (non-hydrogen) atoms. The first-order valence-electron chi connectivity index (χ1n) is 6.35. The van der Waals surface area contributed by atoms with Crippen molar-refractivity contribution in [2.45, 2.75) is 38.9 Å². The Morgan fingerprint density at radius 2 is 2.29 bits per heavy atom. The van der Waals surface area contributed by atoms with Gasteiger partial charge in [-0.2, -0.15) is 0 Å². The van der Waals surface area contributed by atoms with Gasteiger partial charge in [0, 0.05) is 31.4 Å². The van der Waals surface area contributed by atoms with Gasteiger partial charge in [0.25, 0.3) is 0 Å². The number of aromatic nitrogens is 2. The molecule has 4 heteroatoms. The van der Waals surface area contributed by atoms with Crippen LogP contribution in [-0.2, 0) is 6.54 Å². The fourth-order valence-corrected chi connectivity index (χ4v) is 2.48. The Bertz CT molecular complexity index is 341. The summed E-state index contributed by atoms with van der Waals surface area (Å²) in [4.78, 5) is 10.6. The SMILES string of the molecule is CC1CN(C)C(C)CC1NCc1ccncn1. The molecule has 1 aliphatic heterocycles. The molecular formula is C13H22N4. The third-order valence-corrected chi connectivity index (χ3v) is 3.80. The van der Waals surface area contributed by atoms with Crippen LogP contribution in [0.4, 0.5) is 0 Å². The van der Waals surface area contributed by atoms with Gasteiger partial charge in [-0.15, -0.1) is 0 Å². The van der Waals surface area contributed by atoms with E-state index in [9.17, 15) is 0 Å². The Hall–Kier alpha value is -1.00. The molecule has 94 valence electrons. The van der Waals surface area contributed by atoms with Gasteiger partial charge in [0.1, 0.15) is 6.33 Å². The molecule has 0 aromatic carbocycles. The van der Waals surface area contributed by atoms with Crippen LogP contribution in [0.2, 0.25) is 0 Å². The summed E-state index contributed by atoms with van der Waals surface area (Å²) in [5.41, 5.74) is 1.07. The van der Waals surface area contributed by atoms with Gasteiger partial charge in [0.2, 0.25) is 0 Å². The minimum atomic E-state index is 0.594. The van der Waals surface area contributed by atoms with Crippen LogP contribution in [0.25, 0.3) is 0 Å². The minimum Gasteiger partial charge on any atom is -0.308 e. The second-order valence-corrected chi connectivity index (χ2v) is 5.19. The molecule has 2 rings (SSSR count). The van der Waals surface area contributed by atoms with Gasteiger partial charge < -0.3 is 10.2 Å². The van der Waals surface area contributed by atoms with E-state index in [2.05, 4.69) is 41.1 Å². The Morgan fingerprint density at radius 1 is 1.47 bits per heavy atom. The lowest BCUT2D eigenvalue weighted by Crippen LogP contribution is -2.50. The standard InChI is InChI=1S/C13H22N4/c1-10-8-17(3)11(2)6-13(10)15-7-12-4-5-14-9-16-12/h4-5,9-11,13,15H,6-8H2,1-3H3. The third-order valence-electron chi connectivity index (χ3n) is 3.80. The monoisotopic (exact) mass is 234 g/mol. The van der Waals surface area contributed by atoms with Crippen LogP contribution < -0.4 is 5.32 Å². The van der Waals surface area contributed by atoms with Crippen molar-refractivity contribution in [2.75, 3.05) is 13.6 Å². The Kier molecular flexibility index (Phi) is 4.07. The Balaban J connectivity index is 1.87. The van der Waals surface area contributed by atoms with Gasteiger partial charge in [-0.25, -0.2) is 9.97 Å². The maximum atomic E-state index is 4.24. The van der Waals surface area contributed by atoms with Crippen molar-refractivity contribution in [3.05, 3.63) is 24.3 Å². The molecule has 1 aromatic rings. The molecule has 0 aliphatic carbocycles. The molecule has 1 aliphatic rings. The van der Waals surface area contributed by atoms with Gasteiger partial charge in [-0.1, -0.05) is 6.92 Å². The van der Waals surface area contributed by atoms with Crippen LogP contribution >= 0.6 is 0 Å². The number of rotatable bonds is 3. The third kappa shape index (κ3) is 3.23. The minimum absolute atomic E-state index is 0.594. The average molecular weight is 234 g/mol. The van der Waals surface area contributed by atoms with Gasteiger partial charge in [0.05, 0.1) is 5.69 Å². The van der Waals surface area contributed by atoms with Crippen LogP contribution in [-0.4, -0.2) is 40.5 Å². The molecule has 0 spiro atoms. The summed E-state index contributed by atoms with van der Waals surface area (Å²) < 4.78 is 0. The molecule has 1 fully saturated rings. The Labute approximate surface area is 103 Å². The van der Waals surface area contributed by atoms with Crippen molar-refractivity contribution >= 4 is 0 Å². The van der Waals surface area contributed by atoms with Crippen molar-refractivity contribution in [1.29, 1.82) is 0 Å². The molecule has 0 saturated carbocycles. The molecule has 4 nitrogen and oxygen atoms in total. The van der Waals surface area contributed by atoms with E-state index in [0.29, 0.717) is 18.0 Å². The van der Waals surface area contributed by atoms with Crippen LogP contribution in [0, 0.1) is 5.92 Å². The molecule has 0 radical (unpaired) electrons. The van der Waals surface area contributed by atoms with E-state index in [1.165, 1.54) is 13.0 Å². The topological polar surface area (TPSA) is 41.0 Å². The van der Waals surface area contributed by atoms with Gasteiger partial charge >= 0.3 is 0 Å². The summed E-state index contributed by atoms with van der Waals surface area (Å²) in [6.07, 6.45) is 4.62. The van der Waals surface area contributed by atoms with E-state index < -0.39 is 0 Å². The predicted molar refractivity (Wildman–Crippen MR) is 68.5 cm³/mol. The lowest BCUT2D eigenvalue weighted by Gasteiger charge is -2.40. The molecule has 1 N–H and O–H groups in total. The van der Waals surface area contributed by atoms with Gasteiger partial charge in [0.15, 0.2) is 0 Å². The van der Waals surface area contributed by atoms with Gasteiger partial charge in [-0.05, 0) is 32.4 Å². The maximum absolute atomic E-state index is 4.24. The zero-order valence-corrected chi connectivity index (χ0v) is 10.9. The summed E-state index contributed by atoms with van der Waals surface area (Å²) in [7, 11) is 2.21. The van der Waals surface area contributed by atoms with Crippen molar-refractivity contribution < 1.29 is 0 Å². The number of likely N-dealkylation sites (tertiary alicyclic amines) is 1. The van der Waals surface area contributed by atoms with Crippen molar-refractivity contribution in [3.63, 3.8) is 0 Å². The molecule has 0 bridgehead atoms. The fraction of sp³-hybridized carbons (Fsp3) is 0.692. The average Bonchev–Trinajstić information content (AvgIpc) is 2.33. The smallest absolute Gasteiger partial charge is 0.115 e. The largest absolute Gasteiger partial charge is 0.308 e. The van der Waals surface area contributed by atoms with E-state index in [-0.39, 0.29) is 0 Å². The lowest BCUT2D eigenvalue weighted by atomic mass is 9.90. The van der Waals surface area contributed by atoms with Crippen LogP contribution in [0.1, 0.15) is 26.0 Å². The first kappa shape index (κ1) is 12.5. The van der Waals surface area contributed by atoms with E-state index in [1.54, 1.807) is 12.5 Å². The van der Waals surface area contributed by atoms with Crippen molar-refractivity contribution in [2.24, 2.45) is 5.92 Å². The first-order valence-corrected chi connectivity index (χ1v) is 6.35. The molecule has 2 heterocycles. The van der Waals surface area contributed by atoms with Crippen molar-refractivity contribution in [1.82, 2.24) is 20.2 Å². The summed E-state index contributed by atoms with van der Waals surface area (Å²) in [5.74, 6) is 0.693. The second kappa shape index (κ2) is 5.56. The number of nitrogens with zero attached hydrogens (tertiary/aromatic N) is 3. The molecule has 0 amide bonds. The number of piperidine rings is 1. The summed E-state index contributed by atoms with van der Waals surface area (Å²) in [6, 6.07) is 3.22. The number of nitrogens with one attached hydrogen (secondary N) is 1. The van der Waals surface area contributed by atoms with Crippen LogP contribution in [0.15, 0.2) is 18.6 Å². The summed E-state index contributed by atoms with van der Waals surface area (Å²) >= 11 is 0. The van der Waals surface area contributed by atoms with E-state index in [0.717, 1.165) is 12.2 Å².